The normalized spacial score (nSPS) is 41.3. The van der Waals surface area contributed by atoms with Crippen LogP contribution in [0.25, 0.3) is 0 Å². The topological polar surface area (TPSA) is 29.1 Å². The van der Waals surface area contributed by atoms with Crippen LogP contribution in [0.1, 0.15) is 51.9 Å². The van der Waals surface area contributed by atoms with Gasteiger partial charge in [-0.1, -0.05) is 22.9 Å². The van der Waals surface area contributed by atoms with Crippen LogP contribution < -0.4 is 5.32 Å². The minimum atomic E-state index is 0.356. The molecule has 1 atom stereocenters. The molecule has 19 heavy (non-hydrogen) atoms. The summed E-state index contributed by atoms with van der Waals surface area (Å²) in [4.78, 5) is 13.0. The number of carbonyl (C=O) groups is 1. The van der Waals surface area contributed by atoms with Crippen LogP contribution in [0.2, 0.25) is 0 Å². The Labute approximate surface area is 125 Å². The number of alkyl halides is 1. The van der Waals surface area contributed by atoms with Crippen molar-refractivity contribution in [2.45, 2.75) is 56.7 Å². The van der Waals surface area contributed by atoms with Crippen molar-refractivity contribution in [3.8, 4) is 0 Å². The number of hydrogen-bond donors (Lipinski definition) is 1. The zero-order chi connectivity index (χ0) is 13.4. The van der Waals surface area contributed by atoms with Crippen molar-refractivity contribution in [3.63, 3.8) is 0 Å². The van der Waals surface area contributed by atoms with Crippen molar-refractivity contribution in [2.24, 2.45) is 29.6 Å². The van der Waals surface area contributed by atoms with Gasteiger partial charge in [0, 0.05) is 17.3 Å². The van der Waals surface area contributed by atoms with Crippen LogP contribution in [-0.2, 0) is 4.79 Å². The summed E-state index contributed by atoms with van der Waals surface area (Å²) in [6, 6.07) is 0. The minimum Gasteiger partial charge on any atom is -0.356 e. The van der Waals surface area contributed by atoms with Crippen molar-refractivity contribution in [1.82, 2.24) is 5.32 Å². The zero-order valence-corrected chi connectivity index (χ0v) is 13.5. The van der Waals surface area contributed by atoms with Crippen molar-refractivity contribution in [1.29, 1.82) is 0 Å². The lowest BCUT2D eigenvalue weighted by atomic mass is 9.51. The van der Waals surface area contributed by atoms with Crippen LogP contribution in [0, 0.1) is 29.6 Å². The van der Waals surface area contributed by atoms with Gasteiger partial charge in [0.25, 0.3) is 0 Å². The molecule has 0 spiro atoms. The predicted molar refractivity (Wildman–Crippen MR) is 81.2 cm³/mol. The highest BCUT2D eigenvalue weighted by atomic mass is 79.9. The molecule has 3 heteroatoms. The lowest BCUT2D eigenvalue weighted by molar-refractivity contribution is -0.138. The van der Waals surface area contributed by atoms with Gasteiger partial charge >= 0.3 is 0 Å². The van der Waals surface area contributed by atoms with Crippen LogP contribution >= 0.6 is 15.9 Å². The van der Waals surface area contributed by atoms with Crippen molar-refractivity contribution in [3.05, 3.63) is 0 Å². The van der Waals surface area contributed by atoms with Gasteiger partial charge in [0.05, 0.1) is 0 Å². The standard InChI is InChI=1S/C16H26BrNO/c1-10(17)3-2-4-18-16(19)15-13-6-11-5-12(8-13)9-14(15)7-11/h10-15H,2-9H2,1H3,(H,18,19). The summed E-state index contributed by atoms with van der Waals surface area (Å²) < 4.78 is 0. The van der Waals surface area contributed by atoms with E-state index in [9.17, 15) is 4.79 Å². The summed E-state index contributed by atoms with van der Waals surface area (Å²) in [6.45, 7) is 3.02. The summed E-state index contributed by atoms with van der Waals surface area (Å²) in [5.74, 6) is 4.07. The highest BCUT2D eigenvalue weighted by Crippen LogP contribution is 2.56. The molecule has 4 saturated carbocycles. The van der Waals surface area contributed by atoms with Crippen molar-refractivity contribution < 1.29 is 4.79 Å². The fourth-order valence-corrected chi connectivity index (χ4v) is 5.39. The quantitative estimate of drug-likeness (QED) is 0.604. The molecule has 1 N–H and O–H groups in total. The minimum absolute atomic E-state index is 0.356. The first-order chi connectivity index (χ1) is 9.13. The van der Waals surface area contributed by atoms with Gasteiger partial charge in [-0.3, -0.25) is 4.79 Å². The van der Waals surface area contributed by atoms with E-state index in [1.807, 2.05) is 0 Å². The Hall–Kier alpha value is -0.0500. The van der Waals surface area contributed by atoms with E-state index in [0.717, 1.165) is 31.2 Å². The predicted octanol–water partition coefficient (Wildman–Crippen LogP) is 3.74. The van der Waals surface area contributed by atoms with Crippen LogP contribution in [-0.4, -0.2) is 17.3 Å². The first-order valence-electron chi connectivity index (χ1n) is 8.05. The van der Waals surface area contributed by atoms with E-state index < -0.39 is 0 Å². The van der Waals surface area contributed by atoms with E-state index in [1.165, 1.54) is 32.1 Å². The highest BCUT2D eigenvalue weighted by molar-refractivity contribution is 9.09. The van der Waals surface area contributed by atoms with E-state index in [0.29, 0.717) is 28.5 Å². The maximum absolute atomic E-state index is 12.5. The summed E-state index contributed by atoms with van der Waals surface area (Å²) >= 11 is 3.56. The fourth-order valence-electron chi connectivity index (χ4n) is 5.07. The molecule has 108 valence electrons. The Morgan fingerprint density at radius 1 is 1.16 bits per heavy atom. The summed E-state index contributed by atoms with van der Waals surface area (Å²) in [5.41, 5.74) is 0. The molecule has 1 unspecified atom stereocenters. The maximum atomic E-state index is 12.5. The molecule has 2 nitrogen and oxygen atoms in total. The molecule has 0 radical (unpaired) electrons. The second-order valence-electron chi connectivity index (χ2n) is 7.17. The molecule has 4 bridgehead atoms. The van der Waals surface area contributed by atoms with Gasteiger partial charge < -0.3 is 5.32 Å². The Morgan fingerprint density at radius 2 is 1.74 bits per heavy atom. The molecule has 0 aliphatic heterocycles. The van der Waals surface area contributed by atoms with Crippen LogP contribution in [0.5, 0.6) is 0 Å². The molecular weight excluding hydrogens is 302 g/mol. The van der Waals surface area contributed by atoms with E-state index in [4.69, 9.17) is 0 Å². The van der Waals surface area contributed by atoms with Gasteiger partial charge in [-0.15, -0.1) is 0 Å². The number of amides is 1. The third kappa shape index (κ3) is 3.01. The largest absolute Gasteiger partial charge is 0.356 e. The average Bonchev–Trinajstić information content (AvgIpc) is 2.33. The Balaban J connectivity index is 1.50. The van der Waals surface area contributed by atoms with Crippen LogP contribution in [0.4, 0.5) is 0 Å². The molecule has 4 aliphatic carbocycles. The molecule has 0 saturated heterocycles. The second kappa shape index (κ2) is 5.75. The smallest absolute Gasteiger partial charge is 0.223 e. The fraction of sp³-hybridized carbons (Fsp3) is 0.938. The third-order valence-electron chi connectivity index (χ3n) is 5.61. The Kier molecular flexibility index (Phi) is 4.21. The van der Waals surface area contributed by atoms with Gasteiger partial charge in [-0.25, -0.2) is 0 Å². The van der Waals surface area contributed by atoms with Crippen LogP contribution in [0.15, 0.2) is 0 Å². The van der Waals surface area contributed by atoms with Gasteiger partial charge in [0.2, 0.25) is 5.91 Å². The number of nitrogens with one attached hydrogen (secondary N) is 1. The monoisotopic (exact) mass is 327 g/mol. The number of hydrogen-bond acceptors (Lipinski definition) is 1. The molecule has 0 aromatic rings. The van der Waals surface area contributed by atoms with Crippen LogP contribution in [0.3, 0.4) is 0 Å². The molecule has 4 rings (SSSR count). The average molecular weight is 328 g/mol. The zero-order valence-electron chi connectivity index (χ0n) is 11.9. The number of rotatable bonds is 5. The van der Waals surface area contributed by atoms with Gasteiger partial charge in [-0.2, -0.15) is 0 Å². The summed E-state index contributed by atoms with van der Waals surface area (Å²) in [6.07, 6.45) is 9.04. The SMILES string of the molecule is CC(Br)CCCNC(=O)C1C2CC3CC(C2)CC1C3. The first-order valence-corrected chi connectivity index (χ1v) is 8.96. The molecule has 0 aromatic heterocycles. The number of halogens is 1. The first kappa shape index (κ1) is 13.9. The lowest BCUT2D eigenvalue weighted by Crippen LogP contribution is -2.51. The van der Waals surface area contributed by atoms with Crippen molar-refractivity contribution >= 4 is 21.8 Å². The second-order valence-corrected chi connectivity index (χ2v) is 8.73. The molecular formula is C16H26BrNO. The van der Waals surface area contributed by atoms with Gasteiger partial charge in [-0.05, 0) is 68.6 Å². The van der Waals surface area contributed by atoms with Crippen molar-refractivity contribution in [2.75, 3.05) is 6.54 Å². The van der Waals surface area contributed by atoms with E-state index >= 15 is 0 Å². The third-order valence-corrected chi connectivity index (χ3v) is 6.07. The molecule has 4 fully saturated rings. The Morgan fingerprint density at radius 3 is 2.26 bits per heavy atom. The molecule has 4 aliphatic rings. The van der Waals surface area contributed by atoms with E-state index in [2.05, 4.69) is 28.2 Å². The molecule has 0 heterocycles. The van der Waals surface area contributed by atoms with E-state index in [-0.39, 0.29) is 0 Å². The van der Waals surface area contributed by atoms with Gasteiger partial charge in [0.15, 0.2) is 0 Å². The summed E-state index contributed by atoms with van der Waals surface area (Å²) in [7, 11) is 0. The highest BCUT2D eigenvalue weighted by Gasteiger charge is 2.50. The number of carbonyl (C=O) groups excluding carboxylic acids is 1. The van der Waals surface area contributed by atoms with Gasteiger partial charge in [0.1, 0.15) is 0 Å². The maximum Gasteiger partial charge on any atom is 0.223 e. The lowest BCUT2D eigenvalue weighted by Gasteiger charge is -2.53. The summed E-state index contributed by atoms with van der Waals surface area (Å²) in [5, 5.41) is 3.21. The van der Waals surface area contributed by atoms with E-state index in [1.54, 1.807) is 0 Å². The molecule has 1 amide bonds. The Bertz CT molecular complexity index is 314. The molecule has 0 aromatic carbocycles.